The molecule has 0 saturated heterocycles. The summed E-state index contributed by atoms with van der Waals surface area (Å²) in [6.07, 6.45) is 0. The molecule has 1 aromatic heterocycles. The van der Waals surface area contributed by atoms with Gasteiger partial charge >= 0.3 is 0 Å². The molecule has 0 aliphatic heterocycles. The number of hydrogen-bond acceptors (Lipinski definition) is 3. The van der Waals surface area contributed by atoms with Gasteiger partial charge in [0.05, 0.1) is 0 Å². The van der Waals surface area contributed by atoms with Crippen LogP contribution in [0.5, 0.6) is 0 Å². The third kappa shape index (κ3) is 3.99. The SMILES string of the molecule is Cc1csc(-c2ccc(C(=O)NCC(C)(C)c3ccccc3F)cc2)n1. The van der Waals surface area contributed by atoms with E-state index in [1.165, 1.54) is 6.07 Å². The number of nitrogens with zero attached hydrogens (tertiary/aromatic N) is 1. The summed E-state index contributed by atoms with van der Waals surface area (Å²) in [5, 5.41) is 5.85. The predicted octanol–water partition coefficient (Wildman–Crippen LogP) is 4.97. The summed E-state index contributed by atoms with van der Waals surface area (Å²) in [4.78, 5) is 16.9. The highest BCUT2D eigenvalue weighted by Crippen LogP contribution is 2.26. The van der Waals surface area contributed by atoms with Crippen molar-refractivity contribution in [2.45, 2.75) is 26.2 Å². The summed E-state index contributed by atoms with van der Waals surface area (Å²) in [7, 11) is 0. The Bertz CT molecular complexity index is 916. The number of amides is 1. The van der Waals surface area contributed by atoms with Gasteiger partial charge in [-0.2, -0.15) is 0 Å². The minimum absolute atomic E-state index is 0.170. The molecule has 3 aromatic rings. The molecule has 1 amide bonds. The Hall–Kier alpha value is -2.53. The van der Waals surface area contributed by atoms with Crippen LogP contribution in [0.3, 0.4) is 0 Å². The van der Waals surface area contributed by atoms with Gasteiger partial charge in [0.1, 0.15) is 10.8 Å². The van der Waals surface area contributed by atoms with E-state index in [0.29, 0.717) is 17.7 Å². The number of hydrogen-bond donors (Lipinski definition) is 1. The van der Waals surface area contributed by atoms with Crippen LogP contribution in [0, 0.1) is 12.7 Å². The molecule has 1 heterocycles. The van der Waals surface area contributed by atoms with E-state index in [4.69, 9.17) is 0 Å². The Kier molecular flexibility index (Phi) is 5.18. The van der Waals surface area contributed by atoms with Crippen LogP contribution in [0.15, 0.2) is 53.9 Å². The van der Waals surface area contributed by atoms with Crippen LogP contribution in [0.4, 0.5) is 4.39 Å². The smallest absolute Gasteiger partial charge is 0.251 e. The van der Waals surface area contributed by atoms with Gasteiger partial charge in [-0.25, -0.2) is 9.37 Å². The van der Waals surface area contributed by atoms with Gasteiger partial charge in [-0.15, -0.1) is 11.3 Å². The first-order chi connectivity index (χ1) is 12.4. The predicted molar refractivity (Wildman–Crippen MR) is 104 cm³/mol. The van der Waals surface area contributed by atoms with E-state index in [0.717, 1.165) is 16.3 Å². The highest BCUT2D eigenvalue weighted by Gasteiger charge is 2.24. The van der Waals surface area contributed by atoms with E-state index in [9.17, 15) is 9.18 Å². The third-order valence-corrected chi connectivity index (χ3v) is 5.32. The molecular formula is C21H21FN2OS. The zero-order chi connectivity index (χ0) is 18.7. The molecule has 3 rings (SSSR count). The Balaban J connectivity index is 1.67. The van der Waals surface area contributed by atoms with Crippen LogP contribution >= 0.6 is 11.3 Å². The van der Waals surface area contributed by atoms with E-state index < -0.39 is 5.41 Å². The van der Waals surface area contributed by atoms with Crippen molar-refractivity contribution in [3.05, 3.63) is 76.5 Å². The summed E-state index contributed by atoms with van der Waals surface area (Å²) in [5.74, 6) is -0.425. The molecule has 5 heteroatoms. The number of thiazole rings is 1. The molecule has 0 atom stereocenters. The number of aryl methyl sites for hydroxylation is 1. The second-order valence-corrected chi connectivity index (χ2v) is 7.78. The number of aromatic nitrogens is 1. The Morgan fingerprint density at radius 2 is 1.85 bits per heavy atom. The fourth-order valence-electron chi connectivity index (χ4n) is 2.76. The molecule has 26 heavy (non-hydrogen) atoms. The monoisotopic (exact) mass is 368 g/mol. The average molecular weight is 368 g/mol. The van der Waals surface area contributed by atoms with Gasteiger partial charge in [-0.05, 0) is 30.7 Å². The quantitative estimate of drug-likeness (QED) is 0.691. The van der Waals surface area contributed by atoms with Crippen molar-refractivity contribution in [2.24, 2.45) is 0 Å². The lowest BCUT2D eigenvalue weighted by Crippen LogP contribution is -2.37. The van der Waals surface area contributed by atoms with Crippen molar-refractivity contribution < 1.29 is 9.18 Å². The third-order valence-electron chi connectivity index (χ3n) is 4.31. The molecule has 0 radical (unpaired) electrons. The summed E-state index contributed by atoms with van der Waals surface area (Å²) in [6, 6.07) is 14.0. The van der Waals surface area contributed by atoms with E-state index in [-0.39, 0.29) is 11.7 Å². The average Bonchev–Trinajstić information content (AvgIpc) is 3.06. The summed E-state index contributed by atoms with van der Waals surface area (Å²) in [6.45, 7) is 6.14. The van der Waals surface area contributed by atoms with Crippen molar-refractivity contribution in [2.75, 3.05) is 6.54 Å². The molecule has 1 N–H and O–H groups in total. The lowest BCUT2D eigenvalue weighted by molar-refractivity contribution is 0.0945. The van der Waals surface area contributed by atoms with Gasteiger partial charge in [0.2, 0.25) is 0 Å². The van der Waals surface area contributed by atoms with Crippen molar-refractivity contribution in [1.29, 1.82) is 0 Å². The normalized spacial score (nSPS) is 11.4. The molecule has 2 aromatic carbocycles. The van der Waals surface area contributed by atoms with Crippen molar-refractivity contribution >= 4 is 17.2 Å². The van der Waals surface area contributed by atoms with Gasteiger partial charge < -0.3 is 5.32 Å². The summed E-state index contributed by atoms with van der Waals surface area (Å²) >= 11 is 1.58. The Labute approximate surface area is 156 Å². The second-order valence-electron chi connectivity index (χ2n) is 6.92. The van der Waals surface area contributed by atoms with Crippen molar-refractivity contribution in [3.63, 3.8) is 0 Å². The van der Waals surface area contributed by atoms with Gasteiger partial charge in [0.25, 0.3) is 5.91 Å². The number of halogens is 1. The Morgan fingerprint density at radius 3 is 2.46 bits per heavy atom. The summed E-state index contributed by atoms with van der Waals surface area (Å²) < 4.78 is 14.0. The highest BCUT2D eigenvalue weighted by atomic mass is 32.1. The van der Waals surface area contributed by atoms with Gasteiger partial charge in [0.15, 0.2) is 0 Å². The maximum atomic E-state index is 14.0. The van der Waals surface area contributed by atoms with Crippen LogP contribution in [0.2, 0.25) is 0 Å². The number of carbonyl (C=O) groups excluding carboxylic acids is 1. The van der Waals surface area contributed by atoms with E-state index >= 15 is 0 Å². The van der Waals surface area contributed by atoms with Crippen LogP contribution in [0.1, 0.15) is 35.5 Å². The minimum Gasteiger partial charge on any atom is -0.351 e. The van der Waals surface area contributed by atoms with Gasteiger partial charge in [0, 0.05) is 34.2 Å². The number of benzene rings is 2. The Morgan fingerprint density at radius 1 is 1.15 bits per heavy atom. The van der Waals surface area contributed by atoms with Crippen LogP contribution in [-0.4, -0.2) is 17.4 Å². The molecule has 0 unspecified atom stereocenters. The van der Waals surface area contributed by atoms with Gasteiger partial charge in [-0.1, -0.05) is 44.2 Å². The maximum Gasteiger partial charge on any atom is 0.251 e. The molecule has 134 valence electrons. The standard InChI is InChI=1S/C21H21FN2OS/c1-14-12-26-20(24-14)16-10-8-15(9-11-16)19(25)23-13-21(2,3)17-6-4-5-7-18(17)22/h4-12H,13H2,1-3H3,(H,23,25). The maximum absolute atomic E-state index is 14.0. The lowest BCUT2D eigenvalue weighted by Gasteiger charge is -2.26. The van der Waals surface area contributed by atoms with Crippen molar-refractivity contribution in [1.82, 2.24) is 10.3 Å². The first kappa shape index (κ1) is 18.3. The van der Waals surface area contributed by atoms with Crippen molar-refractivity contribution in [3.8, 4) is 10.6 Å². The topological polar surface area (TPSA) is 42.0 Å². The molecule has 0 saturated carbocycles. The molecule has 0 spiro atoms. The molecule has 0 bridgehead atoms. The zero-order valence-electron chi connectivity index (χ0n) is 15.0. The van der Waals surface area contributed by atoms with E-state index in [1.54, 1.807) is 41.7 Å². The van der Waals surface area contributed by atoms with E-state index in [1.807, 2.05) is 38.3 Å². The molecule has 0 aliphatic carbocycles. The largest absolute Gasteiger partial charge is 0.351 e. The first-order valence-corrected chi connectivity index (χ1v) is 9.30. The molecule has 0 fully saturated rings. The summed E-state index contributed by atoms with van der Waals surface area (Å²) in [5.41, 5.74) is 2.65. The molecular weight excluding hydrogens is 347 g/mol. The molecule has 3 nitrogen and oxygen atoms in total. The van der Waals surface area contributed by atoms with Gasteiger partial charge in [-0.3, -0.25) is 4.79 Å². The minimum atomic E-state index is -0.501. The van der Waals surface area contributed by atoms with Crippen LogP contribution in [-0.2, 0) is 5.41 Å². The second kappa shape index (κ2) is 7.38. The fourth-order valence-corrected chi connectivity index (χ4v) is 3.56. The van der Waals surface area contributed by atoms with Crippen LogP contribution < -0.4 is 5.32 Å². The number of carbonyl (C=O) groups is 1. The number of nitrogens with one attached hydrogen (secondary N) is 1. The molecule has 0 aliphatic rings. The number of rotatable bonds is 5. The zero-order valence-corrected chi connectivity index (χ0v) is 15.9. The van der Waals surface area contributed by atoms with E-state index in [2.05, 4.69) is 10.3 Å². The first-order valence-electron chi connectivity index (χ1n) is 8.42. The lowest BCUT2D eigenvalue weighted by atomic mass is 9.84. The highest BCUT2D eigenvalue weighted by molar-refractivity contribution is 7.13. The fraction of sp³-hybridized carbons (Fsp3) is 0.238. The van der Waals surface area contributed by atoms with Crippen LogP contribution in [0.25, 0.3) is 10.6 Å².